The van der Waals surface area contributed by atoms with E-state index in [1.54, 1.807) is 11.0 Å². The lowest BCUT2D eigenvalue weighted by Crippen LogP contribution is -2.41. The zero-order chi connectivity index (χ0) is 15.2. The van der Waals surface area contributed by atoms with Crippen molar-refractivity contribution in [2.24, 2.45) is 0 Å². The lowest BCUT2D eigenvalue weighted by atomic mass is 10.1. The summed E-state index contributed by atoms with van der Waals surface area (Å²) >= 11 is 0. The van der Waals surface area contributed by atoms with E-state index in [9.17, 15) is 10.1 Å². The fourth-order valence-electron chi connectivity index (χ4n) is 2.11. The van der Waals surface area contributed by atoms with Crippen molar-refractivity contribution in [3.8, 4) is 6.07 Å². The summed E-state index contributed by atoms with van der Waals surface area (Å²) in [5, 5.41) is 9.23. The van der Waals surface area contributed by atoms with Gasteiger partial charge in [0, 0.05) is 32.9 Å². The van der Waals surface area contributed by atoms with Gasteiger partial charge in [-0.3, -0.25) is 4.79 Å². The first-order valence-electron chi connectivity index (χ1n) is 6.88. The van der Waals surface area contributed by atoms with Crippen LogP contribution in [0.2, 0.25) is 0 Å². The number of carbonyl (C=O) groups is 1. The molecule has 5 nitrogen and oxygen atoms in total. The van der Waals surface area contributed by atoms with Gasteiger partial charge < -0.3 is 14.5 Å². The molecule has 0 saturated carbocycles. The molecule has 110 valence electrons. The standard InChI is InChI=1S/C16H19N3O2/c1-18(2)15-5-3-13(4-6-15)11-14(12-17)16(20)19-7-9-21-10-8-19/h3-6,11H,7-10H2,1-2H3/b14-11-. The van der Waals surface area contributed by atoms with Crippen LogP contribution >= 0.6 is 0 Å². The van der Waals surface area contributed by atoms with E-state index in [1.165, 1.54) is 0 Å². The summed E-state index contributed by atoms with van der Waals surface area (Å²) in [4.78, 5) is 15.9. The zero-order valence-electron chi connectivity index (χ0n) is 12.4. The molecule has 2 rings (SSSR count). The quantitative estimate of drug-likeness (QED) is 0.624. The van der Waals surface area contributed by atoms with Crippen LogP contribution in [0.5, 0.6) is 0 Å². The Balaban J connectivity index is 2.16. The maximum atomic E-state index is 12.3. The molecule has 0 radical (unpaired) electrons. The molecular weight excluding hydrogens is 266 g/mol. The lowest BCUT2D eigenvalue weighted by Gasteiger charge is -2.26. The third kappa shape index (κ3) is 3.83. The van der Waals surface area contributed by atoms with Crippen molar-refractivity contribution in [3.63, 3.8) is 0 Å². The Bertz CT molecular complexity index is 564. The molecule has 1 aliphatic rings. The van der Waals surface area contributed by atoms with Crippen molar-refractivity contribution in [3.05, 3.63) is 35.4 Å². The summed E-state index contributed by atoms with van der Waals surface area (Å²) in [7, 11) is 3.93. The largest absolute Gasteiger partial charge is 0.378 e. The highest BCUT2D eigenvalue weighted by atomic mass is 16.5. The molecule has 1 fully saturated rings. The maximum absolute atomic E-state index is 12.3. The fraction of sp³-hybridized carbons (Fsp3) is 0.375. The first-order chi connectivity index (χ1) is 10.1. The molecule has 5 heteroatoms. The molecule has 1 heterocycles. The van der Waals surface area contributed by atoms with E-state index < -0.39 is 0 Å². The molecule has 0 atom stereocenters. The molecular formula is C16H19N3O2. The number of nitriles is 1. The van der Waals surface area contributed by atoms with Crippen LogP contribution in [0.1, 0.15) is 5.56 Å². The maximum Gasteiger partial charge on any atom is 0.264 e. The molecule has 1 aromatic rings. The number of hydrogen-bond donors (Lipinski definition) is 0. The molecule has 1 aliphatic heterocycles. The number of anilines is 1. The molecule has 0 unspecified atom stereocenters. The summed E-state index contributed by atoms with van der Waals surface area (Å²) < 4.78 is 5.22. The number of rotatable bonds is 3. The molecule has 1 amide bonds. The molecule has 0 spiro atoms. The number of benzene rings is 1. The minimum absolute atomic E-state index is 0.162. The normalized spacial score (nSPS) is 15.5. The van der Waals surface area contributed by atoms with Crippen LogP contribution in [0, 0.1) is 11.3 Å². The highest BCUT2D eigenvalue weighted by Crippen LogP contribution is 2.15. The average Bonchev–Trinajstić information content (AvgIpc) is 2.53. The van der Waals surface area contributed by atoms with Gasteiger partial charge >= 0.3 is 0 Å². The fourth-order valence-corrected chi connectivity index (χ4v) is 2.11. The van der Waals surface area contributed by atoms with Gasteiger partial charge in [0.1, 0.15) is 11.6 Å². The Kier molecular flexibility index (Phi) is 4.96. The van der Waals surface area contributed by atoms with E-state index in [4.69, 9.17) is 4.74 Å². The minimum atomic E-state index is -0.225. The summed E-state index contributed by atoms with van der Waals surface area (Å²) in [6, 6.07) is 9.72. The van der Waals surface area contributed by atoms with E-state index in [0.29, 0.717) is 26.3 Å². The topological polar surface area (TPSA) is 56.6 Å². The van der Waals surface area contributed by atoms with Gasteiger partial charge in [0.2, 0.25) is 0 Å². The van der Waals surface area contributed by atoms with Crippen LogP contribution in [-0.4, -0.2) is 51.2 Å². The van der Waals surface area contributed by atoms with Crippen LogP contribution in [-0.2, 0) is 9.53 Å². The molecule has 0 aromatic heterocycles. The third-order valence-corrected chi connectivity index (χ3v) is 3.37. The van der Waals surface area contributed by atoms with Crippen molar-refractivity contribution < 1.29 is 9.53 Å². The summed E-state index contributed by atoms with van der Waals surface area (Å²) in [5.74, 6) is -0.225. The number of nitrogens with zero attached hydrogens (tertiary/aromatic N) is 3. The summed E-state index contributed by atoms with van der Waals surface area (Å²) in [6.45, 7) is 2.14. The predicted octanol–water partition coefficient (Wildman–Crippen LogP) is 1.52. The highest BCUT2D eigenvalue weighted by molar-refractivity contribution is 6.01. The van der Waals surface area contributed by atoms with Gasteiger partial charge in [-0.05, 0) is 23.8 Å². The third-order valence-electron chi connectivity index (χ3n) is 3.37. The summed E-state index contributed by atoms with van der Waals surface area (Å²) in [6.07, 6.45) is 1.64. The van der Waals surface area contributed by atoms with E-state index in [0.717, 1.165) is 11.3 Å². The number of morpholine rings is 1. The molecule has 1 aromatic carbocycles. The first kappa shape index (κ1) is 15.1. The van der Waals surface area contributed by atoms with Crippen LogP contribution < -0.4 is 4.90 Å². The van der Waals surface area contributed by atoms with Crippen molar-refractivity contribution in [1.29, 1.82) is 5.26 Å². The molecule has 21 heavy (non-hydrogen) atoms. The second-order valence-corrected chi connectivity index (χ2v) is 5.06. The number of carbonyl (C=O) groups excluding carboxylic acids is 1. The zero-order valence-corrected chi connectivity index (χ0v) is 12.4. The van der Waals surface area contributed by atoms with E-state index in [-0.39, 0.29) is 11.5 Å². The number of ether oxygens (including phenoxy) is 1. The van der Waals surface area contributed by atoms with Gasteiger partial charge in [-0.1, -0.05) is 12.1 Å². The van der Waals surface area contributed by atoms with Gasteiger partial charge in [-0.2, -0.15) is 5.26 Å². The monoisotopic (exact) mass is 285 g/mol. The number of hydrogen-bond acceptors (Lipinski definition) is 4. The van der Waals surface area contributed by atoms with Crippen molar-refractivity contribution in [2.75, 3.05) is 45.3 Å². The van der Waals surface area contributed by atoms with Crippen molar-refractivity contribution in [1.82, 2.24) is 4.90 Å². The Labute approximate surface area is 125 Å². The van der Waals surface area contributed by atoms with E-state index in [1.807, 2.05) is 49.3 Å². The highest BCUT2D eigenvalue weighted by Gasteiger charge is 2.20. The first-order valence-corrected chi connectivity index (χ1v) is 6.88. The second kappa shape index (κ2) is 6.91. The number of amides is 1. The van der Waals surface area contributed by atoms with Crippen LogP contribution in [0.25, 0.3) is 6.08 Å². The predicted molar refractivity (Wildman–Crippen MR) is 81.8 cm³/mol. The smallest absolute Gasteiger partial charge is 0.264 e. The van der Waals surface area contributed by atoms with Crippen LogP contribution in [0.3, 0.4) is 0 Å². The Morgan fingerprint density at radius 1 is 1.29 bits per heavy atom. The molecule has 1 saturated heterocycles. The van der Waals surface area contributed by atoms with Gasteiger partial charge in [0.05, 0.1) is 13.2 Å². The second-order valence-electron chi connectivity index (χ2n) is 5.06. The van der Waals surface area contributed by atoms with Gasteiger partial charge in [-0.15, -0.1) is 0 Å². The minimum Gasteiger partial charge on any atom is -0.378 e. The van der Waals surface area contributed by atoms with Gasteiger partial charge in [0.15, 0.2) is 0 Å². The van der Waals surface area contributed by atoms with Crippen LogP contribution in [0.4, 0.5) is 5.69 Å². The SMILES string of the molecule is CN(C)c1ccc(/C=C(/C#N)C(=O)N2CCOCC2)cc1. The van der Waals surface area contributed by atoms with Gasteiger partial charge in [0.25, 0.3) is 5.91 Å². The average molecular weight is 285 g/mol. The molecule has 0 aliphatic carbocycles. The lowest BCUT2D eigenvalue weighted by molar-refractivity contribution is -0.130. The molecule has 0 bridgehead atoms. The van der Waals surface area contributed by atoms with Crippen molar-refractivity contribution >= 4 is 17.7 Å². The Morgan fingerprint density at radius 3 is 2.43 bits per heavy atom. The Morgan fingerprint density at radius 2 is 1.90 bits per heavy atom. The summed E-state index contributed by atoms with van der Waals surface area (Å²) in [5.41, 5.74) is 2.08. The van der Waals surface area contributed by atoms with E-state index in [2.05, 4.69) is 0 Å². The van der Waals surface area contributed by atoms with Crippen molar-refractivity contribution in [2.45, 2.75) is 0 Å². The van der Waals surface area contributed by atoms with E-state index >= 15 is 0 Å². The Hall–Kier alpha value is -2.32. The van der Waals surface area contributed by atoms with Gasteiger partial charge in [-0.25, -0.2) is 0 Å². The van der Waals surface area contributed by atoms with Crippen LogP contribution in [0.15, 0.2) is 29.8 Å². The molecule has 0 N–H and O–H groups in total.